The van der Waals surface area contributed by atoms with Crippen molar-refractivity contribution in [1.29, 1.82) is 0 Å². The molecule has 2 aliphatic rings. The molecule has 25 heavy (non-hydrogen) atoms. The molecule has 3 heterocycles. The zero-order valence-corrected chi connectivity index (χ0v) is 14.7. The largest absolute Gasteiger partial charge is 0.338 e. The molecule has 130 valence electrons. The Balaban J connectivity index is 1.53. The monoisotopic (exact) mass is 336 g/mol. The maximum absolute atomic E-state index is 13.0. The van der Waals surface area contributed by atoms with Crippen molar-refractivity contribution in [3.05, 3.63) is 47.8 Å². The number of hydrogen-bond donors (Lipinski definition) is 1. The number of benzene rings is 1. The third kappa shape index (κ3) is 3.16. The third-order valence-corrected chi connectivity index (χ3v) is 5.53. The van der Waals surface area contributed by atoms with Gasteiger partial charge in [0.25, 0.3) is 5.91 Å². The van der Waals surface area contributed by atoms with Crippen LogP contribution in [0.25, 0.3) is 11.4 Å². The van der Waals surface area contributed by atoms with Crippen LogP contribution in [0.1, 0.15) is 35.3 Å². The summed E-state index contributed by atoms with van der Waals surface area (Å²) < 4.78 is 0. The number of carbonyl (C=O) groups is 1. The van der Waals surface area contributed by atoms with Crippen LogP contribution < -0.4 is 5.32 Å². The Hall–Kier alpha value is -2.27. The molecule has 5 heteroatoms. The number of aryl methyl sites for hydroxylation is 1. The van der Waals surface area contributed by atoms with Crippen molar-refractivity contribution in [2.75, 3.05) is 26.2 Å². The summed E-state index contributed by atoms with van der Waals surface area (Å²) >= 11 is 0. The van der Waals surface area contributed by atoms with Crippen LogP contribution in [-0.4, -0.2) is 47.0 Å². The lowest BCUT2D eigenvalue weighted by atomic mass is 9.80. The molecule has 2 aliphatic heterocycles. The first-order valence-electron chi connectivity index (χ1n) is 9.06. The number of carbonyl (C=O) groups excluding carboxylic acids is 1. The fraction of sp³-hybridized carbons (Fsp3) is 0.450. The Kier molecular flexibility index (Phi) is 4.25. The Morgan fingerprint density at radius 2 is 2.08 bits per heavy atom. The predicted molar refractivity (Wildman–Crippen MR) is 97.3 cm³/mol. The topological polar surface area (TPSA) is 58.1 Å². The highest BCUT2D eigenvalue weighted by Crippen LogP contribution is 2.37. The Morgan fingerprint density at radius 3 is 2.80 bits per heavy atom. The lowest BCUT2D eigenvalue weighted by molar-refractivity contribution is 0.0762. The first kappa shape index (κ1) is 16.2. The van der Waals surface area contributed by atoms with Crippen LogP contribution in [0.5, 0.6) is 0 Å². The molecule has 1 N–H and O–H groups in total. The fourth-order valence-electron chi connectivity index (χ4n) is 4.06. The van der Waals surface area contributed by atoms with Gasteiger partial charge in [0.15, 0.2) is 5.82 Å². The van der Waals surface area contributed by atoms with E-state index in [2.05, 4.69) is 15.3 Å². The molecule has 0 radical (unpaired) electrons. The molecule has 4 rings (SSSR count). The summed E-state index contributed by atoms with van der Waals surface area (Å²) in [7, 11) is 0. The maximum atomic E-state index is 13.0. The van der Waals surface area contributed by atoms with Gasteiger partial charge in [-0.3, -0.25) is 4.79 Å². The molecule has 2 fully saturated rings. The maximum Gasteiger partial charge on any atom is 0.257 e. The summed E-state index contributed by atoms with van der Waals surface area (Å²) in [4.78, 5) is 24.0. The summed E-state index contributed by atoms with van der Waals surface area (Å²) in [6.07, 6.45) is 5.20. The number of amides is 1. The second-order valence-corrected chi connectivity index (χ2v) is 7.32. The molecule has 1 spiro atoms. The standard InChI is InChI=1S/C20H24N4O/c1-15-17(12-22-18(23-15)16-6-3-2-4-7-16)19(25)24-11-9-20(14-24)8-5-10-21-13-20/h2-4,6-7,12,21H,5,8-11,13-14H2,1H3/t20-/m0/s1. The minimum absolute atomic E-state index is 0.0690. The third-order valence-electron chi connectivity index (χ3n) is 5.53. The highest BCUT2D eigenvalue weighted by Gasteiger charge is 2.41. The Morgan fingerprint density at radius 1 is 1.24 bits per heavy atom. The molecule has 1 aromatic heterocycles. The smallest absolute Gasteiger partial charge is 0.257 e. The number of aromatic nitrogens is 2. The van der Waals surface area contributed by atoms with Gasteiger partial charge in [0, 0.05) is 36.8 Å². The number of nitrogens with zero attached hydrogens (tertiary/aromatic N) is 3. The highest BCUT2D eigenvalue weighted by atomic mass is 16.2. The molecule has 2 aromatic rings. The van der Waals surface area contributed by atoms with Crippen molar-refractivity contribution in [1.82, 2.24) is 20.2 Å². The summed E-state index contributed by atoms with van der Waals surface area (Å²) in [6, 6.07) is 9.87. The fourth-order valence-corrected chi connectivity index (χ4v) is 4.06. The summed E-state index contributed by atoms with van der Waals surface area (Å²) in [5, 5.41) is 3.49. The van der Waals surface area contributed by atoms with Gasteiger partial charge in [-0.1, -0.05) is 30.3 Å². The molecule has 1 amide bonds. The van der Waals surface area contributed by atoms with Crippen LogP contribution in [0.2, 0.25) is 0 Å². The number of likely N-dealkylation sites (tertiary alicyclic amines) is 1. The van der Waals surface area contributed by atoms with Gasteiger partial charge in [-0.15, -0.1) is 0 Å². The van der Waals surface area contributed by atoms with E-state index in [4.69, 9.17) is 0 Å². The molecule has 5 nitrogen and oxygen atoms in total. The van der Waals surface area contributed by atoms with Crippen molar-refractivity contribution in [2.45, 2.75) is 26.2 Å². The van der Waals surface area contributed by atoms with E-state index in [1.165, 1.54) is 12.8 Å². The van der Waals surface area contributed by atoms with E-state index in [9.17, 15) is 4.79 Å². The first-order chi connectivity index (χ1) is 12.2. The lowest BCUT2D eigenvalue weighted by Crippen LogP contribution is -2.42. The van der Waals surface area contributed by atoms with E-state index in [1.807, 2.05) is 42.2 Å². The van der Waals surface area contributed by atoms with Crippen LogP contribution in [0.3, 0.4) is 0 Å². The summed E-state index contributed by atoms with van der Waals surface area (Å²) in [5.41, 5.74) is 2.62. The zero-order chi connectivity index (χ0) is 17.3. The van der Waals surface area contributed by atoms with Crippen LogP contribution in [0, 0.1) is 12.3 Å². The average Bonchev–Trinajstić information content (AvgIpc) is 3.06. The molecule has 0 unspecified atom stereocenters. The van der Waals surface area contributed by atoms with Crippen molar-refractivity contribution in [2.24, 2.45) is 5.41 Å². The van der Waals surface area contributed by atoms with Crippen LogP contribution >= 0.6 is 0 Å². The second-order valence-electron chi connectivity index (χ2n) is 7.32. The molecule has 0 bridgehead atoms. The number of nitrogens with one attached hydrogen (secondary N) is 1. The van der Waals surface area contributed by atoms with E-state index in [0.717, 1.165) is 43.9 Å². The van der Waals surface area contributed by atoms with Gasteiger partial charge in [0.2, 0.25) is 0 Å². The zero-order valence-electron chi connectivity index (χ0n) is 14.7. The van der Waals surface area contributed by atoms with Gasteiger partial charge >= 0.3 is 0 Å². The molecule has 0 saturated carbocycles. The first-order valence-corrected chi connectivity index (χ1v) is 9.06. The van der Waals surface area contributed by atoms with E-state index in [1.54, 1.807) is 6.20 Å². The molecular formula is C20H24N4O. The summed E-state index contributed by atoms with van der Waals surface area (Å²) in [5.74, 6) is 0.739. The number of hydrogen-bond acceptors (Lipinski definition) is 4. The second kappa shape index (κ2) is 6.56. The molecule has 2 saturated heterocycles. The molecular weight excluding hydrogens is 312 g/mol. The molecule has 0 aliphatic carbocycles. The average molecular weight is 336 g/mol. The lowest BCUT2D eigenvalue weighted by Gasteiger charge is -2.33. The van der Waals surface area contributed by atoms with E-state index in [0.29, 0.717) is 11.4 Å². The van der Waals surface area contributed by atoms with Crippen LogP contribution in [0.15, 0.2) is 36.5 Å². The Bertz CT molecular complexity index is 769. The Labute approximate surface area is 148 Å². The quantitative estimate of drug-likeness (QED) is 0.916. The normalized spacial score (nSPS) is 23.2. The predicted octanol–water partition coefficient (Wildman–Crippen LogP) is 2.67. The van der Waals surface area contributed by atoms with Gasteiger partial charge in [-0.05, 0) is 32.7 Å². The number of rotatable bonds is 2. The van der Waals surface area contributed by atoms with Crippen molar-refractivity contribution in [3.8, 4) is 11.4 Å². The van der Waals surface area contributed by atoms with Crippen molar-refractivity contribution < 1.29 is 4.79 Å². The minimum Gasteiger partial charge on any atom is -0.338 e. The van der Waals surface area contributed by atoms with Gasteiger partial charge in [-0.2, -0.15) is 0 Å². The summed E-state index contributed by atoms with van der Waals surface area (Å²) in [6.45, 7) is 5.71. The van der Waals surface area contributed by atoms with E-state index >= 15 is 0 Å². The molecule has 1 aromatic carbocycles. The van der Waals surface area contributed by atoms with Crippen LogP contribution in [-0.2, 0) is 0 Å². The van der Waals surface area contributed by atoms with Crippen molar-refractivity contribution in [3.63, 3.8) is 0 Å². The number of piperidine rings is 1. The van der Waals surface area contributed by atoms with Gasteiger partial charge in [-0.25, -0.2) is 9.97 Å². The van der Waals surface area contributed by atoms with E-state index < -0.39 is 0 Å². The van der Waals surface area contributed by atoms with Gasteiger partial charge in [0.1, 0.15) is 0 Å². The minimum atomic E-state index is 0.0690. The molecule has 1 atom stereocenters. The van der Waals surface area contributed by atoms with Crippen LogP contribution in [0.4, 0.5) is 0 Å². The van der Waals surface area contributed by atoms with Gasteiger partial charge < -0.3 is 10.2 Å². The van der Waals surface area contributed by atoms with Gasteiger partial charge in [0.05, 0.1) is 11.3 Å². The van der Waals surface area contributed by atoms with E-state index in [-0.39, 0.29) is 11.3 Å². The highest BCUT2D eigenvalue weighted by molar-refractivity contribution is 5.95. The SMILES string of the molecule is Cc1nc(-c2ccccc2)ncc1C(=O)N1CC[C@]2(CCCNC2)C1. The van der Waals surface area contributed by atoms with Crippen molar-refractivity contribution >= 4 is 5.91 Å².